The Morgan fingerprint density at radius 3 is 2.61 bits per heavy atom. The second-order valence-electron chi connectivity index (χ2n) is 8.22. The number of rotatable bonds is 4. The van der Waals surface area contributed by atoms with Crippen LogP contribution in [0.4, 0.5) is 11.4 Å². The molecule has 8 nitrogen and oxygen atoms in total. The summed E-state index contributed by atoms with van der Waals surface area (Å²) in [6, 6.07) is 6.64. The number of fused-ring (bicyclic) bond motifs is 1. The number of hydrogen-bond donors (Lipinski definition) is 2. The molecule has 0 spiro atoms. The maximum Gasteiger partial charge on any atom is 0.316 e. The van der Waals surface area contributed by atoms with Gasteiger partial charge in [-0.1, -0.05) is 0 Å². The van der Waals surface area contributed by atoms with Gasteiger partial charge in [0.25, 0.3) is 5.91 Å². The molecule has 2 aromatic heterocycles. The molecule has 2 N–H and O–H groups in total. The van der Waals surface area contributed by atoms with Crippen LogP contribution < -0.4 is 20.3 Å². The molecule has 1 aliphatic heterocycles. The Morgan fingerprint density at radius 1 is 1.16 bits per heavy atom. The lowest BCUT2D eigenvalue weighted by Gasteiger charge is -2.38. The lowest BCUT2D eigenvalue weighted by atomic mass is 10.0. The van der Waals surface area contributed by atoms with Crippen LogP contribution in [0.1, 0.15) is 35.5 Å². The number of carbonyl (C=O) groups excluding carboxylic acids is 1. The van der Waals surface area contributed by atoms with Gasteiger partial charge >= 0.3 is 6.01 Å². The summed E-state index contributed by atoms with van der Waals surface area (Å²) < 4.78 is 5.24. The predicted molar refractivity (Wildman–Crippen MR) is 122 cm³/mol. The van der Waals surface area contributed by atoms with E-state index in [2.05, 4.69) is 44.3 Å². The number of pyridine rings is 1. The molecule has 1 aliphatic rings. The molecule has 1 aromatic carbocycles. The van der Waals surface area contributed by atoms with Crippen molar-refractivity contribution in [2.75, 3.05) is 30.4 Å². The summed E-state index contributed by atoms with van der Waals surface area (Å²) in [7, 11) is 1.52. The zero-order valence-corrected chi connectivity index (χ0v) is 18.6. The highest BCUT2D eigenvalue weighted by Crippen LogP contribution is 2.31. The molecule has 31 heavy (non-hydrogen) atoms. The van der Waals surface area contributed by atoms with E-state index in [-0.39, 0.29) is 11.9 Å². The van der Waals surface area contributed by atoms with Gasteiger partial charge in [-0.3, -0.25) is 9.78 Å². The minimum Gasteiger partial charge on any atom is -0.467 e. The van der Waals surface area contributed by atoms with E-state index in [0.717, 1.165) is 41.1 Å². The summed E-state index contributed by atoms with van der Waals surface area (Å²) in [5.41, 5.74) is 4.54. The van der Waals surface area contributed by atoms with Gasteiger partial charge in [0.1, 0.15) is 0 Å². The van der Waals surface area contributed by atoms with Gasteiger partial charge in [-0.05, 0) is 51.5 Å². The van der Waals surface area contributed by atoms with Crippen molar-refractivity contribution in [1.29, 1.82) is 0 Å². The van der Waals surface area contributed by atoms with Crippen LogP contribution >= 0.6 is 0 Å². The molecule has 8 heteroatoms. The van der Waals surface area contributed by atoms with E-state index >= 15 is 0 Å². The van der Waals surface area contributed by atoms with Crippen LogP contribution in [0.3, 0.4) is 0 Å². The smallest absolute Gasteiger partial charge is 0.316 e. The number of amides is 1. The Balaban J connectivity index is 1.77. The number of aromatic nitrogens is 3. The third-order valence-corrected chi connectivity index (χ3v) is 5.52. The van der Waals surface area contributed by atoms with Crippen LogP contribution in [-0.2, 0) is 0 Å². The van der Waals surface area contributed by atoms with Crippen molar-refractivity contribution in [2.24, 2.45) is 0 Å². The number of carbonyl (C=O) groups is 1. The third kappa shape index (κ3) is 4.29. The molecule has 1 saturated heterocycles. The van der Waals surface area contributed by atoms with Gasteiger partial charge in [0.15, 0.2) is 0 Å². The molecule has 162 valence electrons. The van der Waals surface area contributed by atoms with Gasteiger partial charge < -0.3 is 20.3 Å². The van der Waals surface area contributed by atoms with Crippen molar-refractivity contribution in [1.82, 2.24) is 20.3 Å². The fourth-order valence-electron chi connectivity index (χ4n) is 4.12. The SMILES string of the molecule is COc1ncc2c(N3CC(C)NC(C)C3)ccc(C(=O)Nc3cc(C)ncc3C)c2n1. The number of hydrogen-bond acceptors (Lipinski definition) is 7. The van der Waals surface area contributed by atoms with Crippen molar-refractivity contribution < 1.29 is 9.53 Å². The third-order valence-electron chi connectivity index (χ3n) is 5.52. The number of ether oxygens (including phenoxy) is 1. The van der Waals surface area contributed by atoms with E-state index in [1.54, 1.807) is 12.4 Å². The topological polar surface area (TPSA) is 92.3 Å². The van der Waals surface area contributed by atoms with Crippen molar-refractivity contribution in [3.05, 3.63) is 47.4 Å². The highest BCUT2D eigenvalue weighted by Gasteiger charge is 2.24. The Kier molecular flexibility index (Phi) is 5.73. The van der Waals surface area contributed by atoms with Crippen molar-refractivity contribution in [3.63, 3.8) is 0 Å². The number of methoxy groups -OCH3 is 1. The first-order valence-corrected chi connectivity index (χ1v) is 10.4. The Labute approximate surface area is 182 Å². The summed E-state index contributed by atoms with van der Waals surface area (Å²) in [6.07, 6.45) is 3.50. The van der Waals surface area contributed by atoms with Crippen LogP contribution in [-0.4, -0.2) is 53.1 Å². The first-order valence-electron chi connectivity index (χ1n) is 10.4. The molecule has 3 aromatic rings. The van der Waals surface area contributed by atoms with Crippen molar-refractivity contribution in [3.8, 4) is 6.01 Å². The van der Waals surface area contributed by atoms with E-state index in [0.29, 0.717) is 23.2 Å². The van der Waals surface area contributed by atoms with Gasteiger partial charge in [0.2, 0.25) is 0 Å². The van der Waals surface area contributed by atoms with Gasteiger partial charge in [-0.2, -0.15) is 4.98 Å². The van der Waals surface area contributed by atoms with Gasteiger partial charge in [0.05, 0.1) is 18.2 Å². The molecule has 0 saturated carbocycles. The van der Waals surface area contributed by atoms with Gasteiger partial charge in [0, 0.05) is 60.0 Å². The molecular weight excluding hydrogens is 392 g/mol. The molecule has 0 radical (unpaired) electrons. The largest absolute Gasteiger partial charge is 0.467 e. The summed E-state index contributed by atoms with van der Waals surface area (Å²) >= 11 is 0. The van der Waals surface area contributed by atoms with E-state index in [4.69, 9.17) is 4.74 Å². The van der Waals surface area contributed by atoms with Crippen molar-refractivity contribution >= 4 is 28.2 Å². The fourth-order valence-corrected chi connectivity index (χ4v) is 4.12. The van der Waals surface area contributed by atoms with Crippen LogP contribution in [0.15, 0.2) is 30.6 Å². The number of nitrogens with one attached hydrogen (secondary N) is 2. The van der Waals surface area contributed by atoms with Gasteiger partial charge in [-0.25, -0.2) is 4.98 Å². The van der Waals surface area contributed by atoms with E-state index in [1.807, 2.05) is 32.0 Å². The first-order chi connectivity index (χ1) is 14.9. The number of benzene rings is 1. The highest BCUT2D eigenvalue weighted by molar-refractivity contribution is 6.14. The monoisotopic (exact) mass is 420 g/mol. The lowest BCUT2D eigenvalue weighted by Crippen LogP contribution is -2.54. The predicted octanol–water partition coefficient (Wildman–Crippen LogP) is 3.09. The summed E-state index contributed by atoms with van der Waals surface area (Å²) in [5, 5.41) is 7.39. The zero-order valence-electron chi connectivity index (χ0n) is 18.6. The number of piperazine rings is 1. The Hall–Kier alpha value is -3.26. The quantitative estimate of drug-likeness (QED) is 0.670. The van der Waals surface area contributed by atoms with Gasteiger partial charge in [-0.15, -0.1) is 0 Å². The number of nitrogens with zero attached hydrogens (tertiary/aromatic N) is 4. The average Bonchev–Trinajstić information content (AvgIpc) is 2.74. The Morgan fingerprint density at radius 2 is 1.90 bits per heavy atom. The van der Waals surface area contributed by atoms with E-state index < -0.39 is 0 Å². The molecule has 2 atom stereocenters. The summed E-state index contributed by atoms with van der Waals surface area (Å²) in [6.45, 7) is 9.89. The molecule has 0 bridgehead atoms. The van der Waals surface area contributed by atoms with Crippen molar-refractivity contribution in [2.45, 2.75) is 39.8 Å². The van der Waals surface area contributed by atoms with E-state index in [1.165, 1.54) is 7.11 Å². The first kappa shape index (κ1) is 21.0. The lowest BCUT2D eigenvalue weighted by molar-refractivity contribution is 0.102. The second-order valence-corrected chi connectivity index (χ2v) is 8.22. The second kappa shape index (κ2) is 8.47. The minimum absolute atomic E-state index is 0.229. The average molecular weight is 421 g/mol. The molecule has 2 unspecified atom stereocenters. The molecule has 4 rings (SSSR count). The fraction of sp³-hybridized carbons (Fsp3) is 0.391. The van der Waals surface area contributed by atoms with Crippen LogP contribution in [0.2, 0.25) is 0 Å². The number of aryl methyl sites for hydroxylation is 2. The maximum atomic E-state index is 13.2. The molecule has 3 heterocycles. The normalized spacial score (nSPS) is 18.8. The molecule has 1 amide bonds. The molecule has 0 aliphatic carbocycles. The molecule has 1 fully saturated rings. The van der Waals surface area contributed by atoms with Crippen LogP contribution in [0.5, 0.6) is 6.01 Å². The van der Waals surface area contributed by atoms with E-state index in [9.17, 15) is 4.79 Å². The minimum atomic E-state index is -0.229. The highest BCUT2D eigenvalue weighted by atomic mass is 16.5. The maximum absolute atomic E-state index is 13.2. The standard InChI is InChI=1S/C23H28N6O2/c1-13-9-24-14(2)8-19(13)27-22(30)17-6-7-20(29-11-15(3)26-16(4)12-29)18-10-25-23(31-5)28-21(17)18/h6-10,15-16,26H,11-12H2,1-5H3,(H,24,27,30). The molecular formula is C23H28N6O2. The van der Waals surface area contributed by atoms with Crippen LogP contribution in [0.25, 0.3) is 10.9 Å². The summed E-state index contributed by atoms with van der Waals surface area (Å²) in [5.74, 6) is -0.229. The summed E-state index contributed by atoms with van der Waals surface area (Å²) in [4.78, 5) is 28.7. The number of anilines is 2. The zero-order chi connectivity index (χ0) is 22.1. The van der Waals surface area contributed by atoms with Crippen LogP contribution in [0, 0.1) is 13.8 Å². The Bertz CT molecular complexity index is 1120.